The van der Waals surface area contributed by atoms with Gasteiger partial charge in [0.15, 0.2) is 5.82 Å². The van der Waals surface area contributed by atoms with E-state index in [-0.39, 0.29) is 16.1 Å². The summed E-state index contributed by atoms with van der Waals surface area (Å²) in [5, 5.41) is 2.68. The Morgan fingerprint density at radius 1 is 0.879 bits per heavy atom. The van der Waals surface area contributed by atoms with Crippen molar-refractivity contribution in [2.45, 2.75) is 11.8 Å². The van der Waals surface area contributed by atoms with Crippen molar-refractivity contribution >= 4 is 27.3 Å². The Kier molecular flexibility index (Phi) is 6.14. The van der Waals surface area contributed by atoms with Crippen LogP contribution in [0.15, 0.2) is 90.1 Å². The summed E-state index contributed by atoms with van der Waals surface area (Å²) in [4.78, 5) is 21.0. The van der Waals surface area contributed by atoms with Gasteiger partial charge in [-0.15, -0.1) is 0 Å². The summed E-state index contributed by atoms with van der Waals surface area (Å²) < 4.78 is 41.3. The maximum Gasteiger partial charge on any atom is 0.261 e. The number of amides is 1. The number of carbonyl (C=O) groups is 1. The van der Waals surface area contributed by atoms with Gasteiger partial charge in [0.1, 0.15) is 5.82 Å². The lowest BCUT2D eigenvalue weighted by molar-refractivity contribution is 0.102. The predicted octanol–water partition coefficient (Wildman–Crippen LogP) is 4.64. The first-order chi connectivity index (χ1) is 15.8. The fourth-order valence-electron chi connectivity index (χ4n) is 3.01. The molecule has 33 heavy (non-hydrogen) atoms. The first-order valence-electron chi connectivity index (χ1n) is 9.90. The number of aromatic nitrogens is 2. The van der Waals surface area contributed by atoms with E-state index in [9.17, 15) is 17.6 Å². The highest BCUT2D eigenvalue weighted by Crippen LogP contribution is 2.20. The Balaban J connectivity index is 1.48. The molecule has 166 valence electrons. The van der Waals surface area contributed by atoms with Crippen molar-refractivity contribution in [3.63, 3.8) is 0 Å². The Hall–Kier alpha value is -4.11. The van der Waals surface area contributed by atoms with Gasteiger partial charge in [0, 0.05) is 16.8 Å². The largest absolute Gasteiger partial charge is 0.319 e. The molecule has 0 saturated carbocycles. The number of hydrogen-bond acceptors (Lipinski definition) is 5. The van der Waals surface area contributed by atoms with Crippen LogP contribution in [0, 0.1) is 12.7 Å². The lowest BCUT2D eigenvalue weighted by atomic mass is 10.2. The summed E-state index contributed by atoms with van der Waals surface area (Å²) in [6.45, 7) is 1.54. The normalized spacial score (nSPS) is 11.1. The molecule has 9 heteroatoms. The molecule has 0 saturated heterocycles. The third kappa shape index (κ3) is 5.21. The zero-order valence-corrected chi connectivity index (χ0v) is 18.3. The summed E-state index contributed by atoms with van der Waals surface area (Å²) in [6, 6.07) is 19.0. The van der Waals surface area contributed by atoms with Gasteiger partial charge in [0.2, 0.25) is 0 Å². The van der Waals surface area contributed by atoms with Crippen molar-refractivity contribution in [1.82, 2.24) is 9.97 Å². The summed E-state index contributed by atoms with van der Waals surface area (Å²) >= 11 is 0. The highest BCUT2D eigenvalue weighted by molar-refractivity contribution is 7.92. The van der Waals surface area contributed by atoms with E-state index in [0.29, 0.717) is 17.1 Å². The van der Waals surface area contributed by atoms with E-state index >= 15 is 0 Å². The van der Waals surface area contributed by atoms with Gasteiger partial charge in [-0.25, -0.2) is 22.8 Å². The zero-order chi connectivity index (χ0) is 23.4. The van der Waals surface area contributed by atoms with Gasteiger partial charge in [0.25, 0.3) is 15.9 Å². The number of hydrogen-bond donors (Lipinski definition) is 2. The highest BCUT2D eigenvalue weighted by atomic mass is 32.2. The number of nitrogens with one attached hydrogen (secondary N) is 2. The first kappa shape index (κ1) is 22.1. The summed E-state index contributed by atoms with van der Waals surface area (Å²) in [6.07, 6.45) is 2.98. The van der Waals surface area contributed by atoms with Crippen LogP contribution in [0.3, 0.4) is 0 Å². The molecule has 1 heterocycles. The van der Waals surface area contributed by atoms with Crippen LogP contribution in [0.2, 0.25) is 0 Å². The minimum atomic E-state index is -4.03. The fourth-order valence-corrected chi connectivity index (χ4v) is 4.07. The number of benzene rings is 3. The first-order valence-corrected chi connectivity index (χ1v) is 11.4. The number of anilines is 2. The molecule has 0 aliphatic rings. The van der Waals surface area contributed by atoms with Crippen LogP contribution in [0.4, 0.5) is 15.8 Å². The number of aryl methyl sites for hydroxylation is 1. The molecule has 0 aliphatic carbocycles. The second kappa shape index (κ2) is 9.17. The Morgan fingerprint density at radius 2 is 1.61 bits per heavy atom. The predicted molar refractivity (Wildman–Crippen MR) is 124 cm³/mol. The minimum Gasteiger partial charge on any atom is -0.319 e. The summed E-state index contributed by atoms with van der Waals surface area (Å²) in [5.41, 5.74) is 1.97. The second-order valence-corrected chi connectivity index (χ2v) is 8.90. The molecule has 0 fully saturated rings. The molecule has 0 unspecified atom stereocenters. The minimum absolute atomic E-state index is 0.166. The van der Waals surface area contributed by atoms with Gasteiger partial charge in [-0.05, 0) is 42.8 Å². The Morgan fingerprint density at radius 3 is 2.30 bits per heavy atom. The van der Waals surface area contributed by atoms with Crippen LogP contribution in [0.25, 0.3) is 11.4 Å². The lowest BCUT2D eigenvalue weighted by Crippen LogP contribution is -2.15. The van der Waals surface area contributed by atoms with Gasteiger partial charge < -0.3 is 5.32 Å². The Labute approximate surface area is 190 Å². The average Bonchev–Trinajstić information content (AvgIpc) is 2.81. The molecule has 0 aliphatic heterocycles. The third-order valence-corrected chi connectivity index (χ3v) is 6.15. The van der Waals surface area contributed by atoms with Crippen molar-refractivity contribution < 1.29 is 17.6 Å². The van der Waals surface area contributed by atoms with Crippen molar-refractivity contribution in [2.75, 3.05) is 10.0 Å². The molecule has 4 aromatic rings. The van der Waals surface area contributed by atoms with Crippen molar-refractivity contribution in [3.05, 3.63) is 102 Å². The second-order valence-electron chi connectivity index (χ2n) is 7.21. The van der Waals surface area contributed by atoms with Crippen LogP contribution in [0.5, 0.6) is 0 Å². The lowest BCUT2D eigenvalue weighted by Gasteiger charge is -2.11. The maximum atomic E-state index is 13.8. The quantitative estimate of drug-likeness (QED) is 0.435. The molecule has 7 nitrogen and oxygen atoms in total. The van der Waals surface area contributed by atoms with E-state index in [4.69, 9.17) is 0 Å². The van der Waals surface area contributed by atoms with Crippen LogP contribution in [-0.2, 0) is 10.0 Å². The third-order valence-electron chi connectivity index (χ3n) is 4.77. The van der Waals surface area contributed by atoms with Crippen molar-refractivity contribution in [3.8, 4) is 11.4 Å². The zero-order valence-electron chi connectivity index (χ0n) is 17.5. The van der Waals surface area contributed by atoms with Crippen molar-refractivity contribution in [1.29, 1.82) is 0 Å². The summed E-state index contributed by atoms with van der Waals surface area (Å²) in [5.74, 6) is -0.558. The topological polar surface area (TPSA) is 101 Å². The molecule has 0 bridgehead atoms. The molecular weight excluding hydrogens is 443 g/mol. The van der Waals surface area contributed by atoms with Gasteiger partial charge >= 0.3 is 0 Å². The molecule has 1 amide bonds. The maximum absolute atomic E-state index is 13.8. The van der Waals surface area contributed by atoms with Crippen LogP contribution >= 0.6 is 0 Å². The molecule has 4 rings (SSSR count). The van der Waals surface area contributed by atoms with E-state index in [1.165, 1.54) is 48.8 Å². The highest BCUT2D eigenvalue weighted by Gasteiger charge is 2.17. The van der Waals surface area contributed by atoms with Crippen LogP contribution in [-0.4, -0.2) is 24.3 Å². The molecule has 1 aromatic heterocycles. The van der Waals surface area contributed by atoms with Crippen molar-refractivity contribution in [2.24, 2.45) is 0 Å². The van der Waals surface area contributed by atoms with Gasteiger partial charge in [0.05, 0.1) is 23.0 Å². The smallest absolute Gasteiger partial charge is 0.261 e. The molecule has 0 spiro atoms. The number of halogens is 1. The SMILES string of the molecule is Cc1ccc(S(=O)(=O)Nc2cccc(C(=O)Nc3cnc(-c4ccccc4)nc3)c2)cc1F. The molecule has 0 radical (unpaired) electrons. The molecule has 2 N–H and O–H groups in total. The van der Waals surface area contributed by atoms with E-state index in [1.54, 1.807) is 6.92 Å². The number of nitrogens with zero attached hydrogens (tertiary/aromatic N) is 2. The summed E-state index contributed by atoms with van der Waals surface area (Å²) in [7, 11) is -4.03. The van der Waals surface area contributed by atoms with E-state index in [0.717, 1.165) is 11.6 Å². The van der Waals surface area contributed by atoms with Gasteiger partial charge in [-0.3, -0.25) is 9.52 Å². The van der Waals surface area contributed by atoms with E-state index in [2.05, 4.69) is 20.0 Å². The monoisotopic (exact) mass is 462 g/mol. The van der Waals surface area contributed by atoms with Crippen LogP contribution in [0.1, 0.15) is 15.9 Å². The van der Waals surface area contributed by atoms with Crippen LogP contribution < -0.4 is 10.0 Å². The van der Waals surface area contributed by atoms with E-state index < -0.39 is 21.7 Å². The Bertz CT molecular complexity index is 1410. The molecule has 3 aromatic carbocycles. The number of rotatable bonds is 6. The van der Waals surface area contributed by atoms with E-state index in [1.807, 2.05) is 30.3 Å². The van der Waals surface area contributed by atoms with Gasteiger partial charge in [-0.1, -0.05) is 42.5 Å². The fraction of sp³-hybridized carbons (Fsp3) is 0.0417. The standard InChI is InChI=1S/C24H19FN4O3S/c1-16-10-11-21(13-22(16)25)33(31,32)29-19-9-5-8-18(12-19)24(30)28-20-14-26-23(27-15-20)17-6-3-2-4-7-17/h2-15,29H,1H3,(H,28,30). The van der Waals surface area contributed by atoms with Gasteiger partial charge in [-0.2, -0.15) is 0 Å². The molecule has 0 atom stereocenters. The average molecular weight is 463 g/mol. The number of carbonyl (C=O) groups excluding carboxylic acids is 1. The molecular formula is C24H19FN4O3S. The number of sulfonamides is 1.